The van der Waals surface area contributed by atoms with Crippen LogP contribution in [0.3, 0.4) is 0 Å². The second-order valence-corrected chi connectivity index (χ2v) is 8.44. The lowest BCUT2D eigenvalue weighted by Gasteiger charge is -2.34. The molecular weight excluding hydrogens is 374 g/mol. The highest BCUT2D eigenvalue weighted by molar-refractivity contribution is 5.92. The van der Waals surface area contributed by atoms with Crippen molar-refractivity contribution in [3.8, 4) is 0 Å². The van der Waals surface area contributed by atoms with Crippen molar-refractivity contribution in [2.75, 3.05) is 36.4 Å². The van der Waals surface area contributed by atoms with Crippen LogP contribution in [0.4, 0.5) is 11.4 Å². The summed E-state index contributed by atoms with van der Waals surface area (Å²) in [6.45, 7) is 9.53. The van der Waals surface area contributed by atoms with Crippen LogP contribution in [0.25, 0.3) is 0 Å². The third-order valence-corrected chi connectivity index (χ3v) is 6.03. The Hall–Kier alpha value is -2.37. The van der Waals surface area contributed by atoms with Gasteiger partial charge < -0.3 is 15.3 Å². The fraction of sp³-hybridized carbons (Fsp3) is 0.480. The number of nitrogens with zero attached hydrogens (tertiary/aromatic N) is 2. The maximum Gasteiger partial charge on any atom is 0.238 e. The lowest BCUT2D eigenvalue weighted by Crippen LogP contribution is -2.40. The van der Waals surface area contributed by atoms with Gasteiger partial charge in [-0.25, -0.2) is 0 Å². The van der Waals surface area contributed by atoms with Gasteiger partial charge in [-0.15, -0.1) is 0 Å². The molecule has 0 spiro atoms. The van der Waals surface area contributed by atoms with E-state index in [1.165, 1.54) is 5.69 Å². The number of nitrogens with one attached hydrogen (secondary N) is 1. The Morgan fingerprint density at radius 3 is 2.30 bits per heavy atom. The van der Waals surface area contributed by atoms with E-state index in [9.17, 15) is 9.90 Å². The van der Waals surface area contributed by atoms with Gasteiger partial charge in [0, 0.05) is 24.0 Å². The molecule has 2 aromatic carbocycles. The quantitative estimate of drug-likeness (QED) is 0.682. The van der Waals surface area contributed by atoms with Gasteiger partial charge in [-0.1, -0.05) is 30.3 Å². The molecule has 3 rings (SSSR count). The van der Waals surface area contributed by atoms with E-state index in [1.807, 2.05) is 42.5 Å². The lowest BCUT2D eigenvalue weighted by molar-refractivity contribution is -0.117. The van der Waals surface area contributed by atoms with E-state index in [-0.39, 0.29) is 11.8 Å². The Morgan fingerprint density at radius 1 is 1.10 bits per heavy atom. The molecule has 2 N–H and O–H groups in total. The number of anilines is 2. The molecular formula is C25H35N3O2. The maximum atomic E-state index is 12.5. The Bertz CT molecular complexity index is 784. The minimum atomic E-state index is -0.422. The van der Waals surface area contributed by atoms with E-state index in [0.717, 1.165) is 43.7 Å². The number of aliphatic hydroxyl groups excluding tert-OH is 1. The fourth-order valence-corrected chi connectivity index (χ4v) is 4.33. The van der Waals surface area contributed by atoms with E-state index < -0.39 is 6.10 Å². The molecule has 0 aromatic heterocycles. The summed E-state index contributed by atoms with van der Waals surface area (Å²) in [6, 6.07) is 18.4. The third-order valence-electron chi connectivity index (χ3n) is 6.03. The Morgan fingerprint density at radius 2 is 1.73 bits per heavy atom. The van der Waals surface area contributed by atoms with Crippen molar-refractivity contribution in [2.24, 2.45) is 5.92 Å². The summed E-state index contributed by atoms with van der Waals surface area (Å²) in [7, 11) is 0. The second kappa shape index (κ2) is 10.6. The molecule has 1 aliphatic heterocycles. The smallest absolute Gasteiger partial charge is 0.238 e. The zero-order valence-corrected chi connectivity index (χ0v) is 18.4. The maximum absolute atomic E-state index is 12.5. The predicted octanol–water partition coefficient (Wildman–Crippen LogP) is 4.31. The largest absolute Gasteiger partial charge is 0.388 e. The average molecular weight is 410 g/mol. The molecule has 1 fully saturated rings. The van der Waals surface area contributed by atoms with E-state index >= 15 is 0 Å². The molecule has 0 saturated carbocycles. The lowest BCUT2D eigenvalue weighted by atomic mass is 9.87. The van der Waals surface area contributed by atoms with Crippen LogP contribution in [0.1, 0.15) is 45.3 Å². The highest BCUT2D eigenvalue weighted by atomic mass is 16.3. The van der Waals surface area contributed by atoms with Gasteiger partial charge in [0.2, 0.25) is 5.91 Å². The van der Waals surface area contributed by atoms with Crippen molar-refractivity contribution in [3.63, 3.8) is 0 Å². The van der Waals surface area contributed by atoms with E-state index in [2.05, 4.69) is 48.0 Å². The van der Waals surface area contributed by atoms with Crippen molar-refractivity contribution >= 4 is 17.3 Å². The third kappa shape index (κ3) is 5.83. The summed E-state index contributed by atoms with van der Waals surface area (Å²) in [6.07, 6.45) is 1.38. The van der Waals surface area contributed by atoms with Crippen molar-refractivity contribution < 1.29 is 9.90 Å². The van der Waals surface area contributed by atoms with Gasteiger partial charge in [0.15, 0.2) is 0 Å². The number of aliphatic hydroxyl groups is 1. The normalized spacial score (nSPS) is 16.4. The van der Waals surface area contributed by atoms with Crippen LogP contribution in [0, 0.1) is 5.92 Å². The molecule has 5 heteroatoms. The minimum Gasteiger partial charge on any atom is -0.388 e. The first-order valence-electron chi connectivity index (χ1n) is 11.1. The number of likely N-dealkylation sites (tertiary alicyclic amines) is 1. The van der Waals surface area contributed by atoms with Crippen molar-refractivity contribution in [1.29, 1.82) is 0 Å². The van der Waals surface area contributed by atoms with Crippen molar-refractivity contribution in [2.45, 2.75) is 45.8 Å². The molecule has 162 valence electrons. The average Bonchev–Trinajstić information content (AvgIpc) is 2.76. The predicted molar refractivity (Wildman–Crippen MR) is 124 cm³/mol. The standard InChI is InChI=1S/C25H35N3O2/c1-4-28(19(2)3)23-12-10-22(11-13-23)26-24(29)18-27-16-14-21(15-17-27)25(30)20-8-6-5-7-9-20/h5-13,19,21,25,30H,4,14-18H2,1-3H3,(H,26,29). The molecule has 0 aliphatic carbocycles. The van der Waals surface area contributed by atoms with Crippen LogP contribution in [-0.2, 0) is 4.79 Å². The number of hydrogen-bond donors (Lipinski definition) is 2. The number of piperidine rings is 1. The van der Waals surface area contributed by atoms with Gasteiger partial charge in [-0.05, 0) is 82.4 Å². The van der Waals surface area contributed by atoms with Gasteiger partial charge >= 0.3 is 0 Å². The Balaban J connectivity index is 1.46. The van der Waals surface area contributed by atoms with Gasteiger partial charge in [0.25, 0.3) is 0 Å². The molecule has 0 radical (unpaired) electrons. The summed E-state index contributed by atoms with van der Waals surface area (Å²) in [5.41, 5.74) is 2.98. The molecule has 1 atom stereocenters. The molecule has 30 heavy (non-hydrogen) atoms. The summed E-state index contributed by atoms with van der Waals surface area (Å²) < 4.78 is 0. The van der Waals surface area contributed by atoms with Crippen LogP contribution in [0.15, 0.2) is 54.6 Å². The molecule has 2 aromatic rings. The number of amides is 1. The molecule has 1 unspecified atom stereocenters. The highest BCUT2D eigenvalue weighted by Gasteiger charge is 2.27. The summed E-state index contributed by atoms with van der Waals surface area (Å²) >= 11 is 0. The van der Waals surface area contributed by atoms with Crippen LogP contribution in [-0.4, -0.2) is 48.1 Å². The van der Waals surface area contributed by atoms with Crippen LogP contribution >= 0.6 is 0 Å². The molecule has 5 nitrogen and oxygen atoms in total. The van der Waals surface area contributed by atoms with Crippen LogP contribution in [0.5, 0.6) is 0 Å². The molecule has 0 bridgehead atoms. The van der Waals surface area contributed by atoms with Gasteiger partial charge in [0.05, 0.1) is 12.6 Å². The molecule has 1 heterocycles. The zero-order valence-electron chi connectivity index (χ0n) is 18.4. The van der Waals surface area contributed by atoms with Crippen LogP contribution < -0.4 is 10.2 Å². The SMILES string of the molecule is CCN(c1ccc(NC(=O)CN2CCC(C(O)c3ccccc3)CC2)cc1)C(C)C. The zero-order chi connectivity index (χ0) is 21.5. The van der Waals surface area contributed by atoms with Crippen molar-refractivity contribution in [1.82, 2.24) is 4.90 Å². The summed E-state index contributed by atoms with van der Waals surface area (Å²) in [4.78, 5) is 17.0. The first-order chi connectivity index (χ1) is 14.5. The number of carbonyl (C=O) groups is 1. The number of rotatable bonds is 8. The Kier molecular flexibility index (Phi) is 7.88. The highest BCUT2D eigenvalue weighted by Crippen LogP contribution is 2.30. The molecule has 1 aliphatic rings. The first kappa shape index (κ1) is 22.3. The fourth-order valence-electron chi connectivity index (χ4n) is 4.33. The van der Waals surface area contributed by atoms with Crippen molar-refractivity contribution in [3.05, 3.63) is 60.2 Å². The van der Waals surface area contributed by atoms with Gasteiger partial charge in [0.1, 0.15) is 0 Å². The first-order valence-corrected chi connectivity index (χ1v) is 11.1. The number of carbonyl (C=O) groups excluding carboxylic acids is 1. The number of benzene rings is 2. The molecule has 1 saturated heterocycles. The monoisotopic (exact) mass is 409 g/mol. The van der Waals surface area contributed by atoms with Crippen LogP contribution in [0.2, 0.25) is 0 Å². The van der Waals surface area contributed by atoms with E-state index in [1.54, 1.807) is 0 Å². The van der Waals surface area contributed by atoms with Gasteiger partial charge in [-0.3, -0.25) is 9.69 Å². The summed E-state index contributed by atoms with van der Waals surface area (Å²) in [5, 5.41) is 13.6. The van der Waals surface area contributed by atoms with E-state index in [4.69, 9.17) is 0 Å². The van der Waals surface area contributed by atoms with E-state index in [0.29, 0.717) is 12.6 Å². The van der Waals surface area contributed by atoms with Gasteiger partial charge in [-0.2, -0.15) is 0 Å². The second-order valence-electron chi connectivity index (χ2n) is 8.44. The topological polar surface area (TPSA) is 55.8 Å². The Labute approximate surface area is 180 Å². The molecule has 1 amide bonds. The summed E-state index contributed by atoms with van der Waals surface area (Å²) in [5.74, 6) is 0.266. The number of hydrogen-bond acceptors (Lipinski definition) is 4. The minimum absolute atomic E-state index is 0.0148.